The van der Waals surface area contributed by atoms with Gasteiger partial charge in [0, 0.05) is 28.1 Å². The number of rotatable bonds is 6. The summed E-state index contributed by atoms with van der Waals surface area (Å²) in [7, 11) is 0. The number of aromatic nitrogens is 1. The first-order chi connectivity index (χ1) is 15.8. The molecule has 0 saturated carbocycles. The van der Waals surface area contributed by atoms with Gasteiger partial charge >= 0.3 is 0 Å². The van der Waals surface area contributed by atoms with Crippen LogP contribution in [-0.2, 0) is 11.8 Å². The molecule has 4 aromatic rings. The van der Waals surface area contributed by atoms with Crippen LogP contribution in [0.4, 0.5) is 5.13 Å². The monoisotopic (exact) mass is 474 g/mol. The Morgan fingerprint density at radius 2 is 1.61 bits per heavy atom. The molecule has 0 atom stereocenters. The number of benzene rings is 3. The van der Waals surface area contributed by atoms with E-state index in [9.17, 15) is 4.79 Å². The summed E-state index contributed by atoms with van der Waals surface area (Å²) in [5.41, 5.74) is 4.91. The fourth-order valence-corrected chi connectivity index (χ4v) is 4.56. The standard InChI is InChI=1S/C28H27ClN2OS/c1-28(2,3)23-13-9-22(10-14-23)26(32)31(18-17-20-7-5-4-6-8-20)27-30-25(19-33-27)21-11-15-24(29)16-12-21/h4-16,19H,17-18H2,1-3H3. The summed E-state index contributed by atoms with van der Waals surface area (Å²) in [5, 5.41) is 3.37. The molecule has 0 aliphatic carbocycles. The summed E-state index contributed by atoms with van der Waals surface area (Å²) in [4.78, 5) is 20.2. The predicted molar refractivity (Wildman–Crippen MR) is 140 cm³/mol. The number of hydrogen-bond donors (Lipinski definition) is 0. The van der Waals surface area contributed by atoms with Crippen LogP contribution in [0.15, 0.2) is 84.2 Å². The van der Waals surface area contributed by atoms with Crippen LogP contribution in [0.25, 0.3) is 11.3 Å². The maximum atomic E-state index is 13.6. The average molecular weight is 475 g/mol. The third kappa shape index (κ3) is 5.70. The molecule has 3 nitrogen and oxygen atoms in total. The number of halogens is 1. The maximum absolute atomic E-state index is 13.6. The van der Waals surface area contributed by atoms with Crippen LogP contribution in [0.3, 0.4) is 0 Å². The molecule has 33 heavy (non-hydrogen) atoms. The van der Waals surface area contributed by atoms with Gasteiger partial charge in [0.1, 0.15) is 0 Å². The summed E-state index contributed by atoms with van der Waals surface area (Å²) in [6, 6.07) is 25.8. The molecular weight excluding hydrogens is 448 g/mol. The molecule has 1 amide bonds. The highest BCUT2D eigenvalue weighted by Gasteiger charge is 2.22. The highest BCUT2D eigenvalue weighted by molar-refractivity contribution is 7.14. The zero-order chi connectivity index (χ0) is 23.4. The van der Waals surface area contributed by atoms with E-state index >= 15 is 0 Å². The SMILES string of the molecule is CC(C)(C)c1ccc(C(=O)N(CCc2ccccc2)c2nc(-c3ccc(Cl)cc3)cs2)cc1. The molecule has 1 aromatic heterocycles. The summed E-state index contributed by atoms with van der Waals surface area (Å²) < 4.78 is 0. The van der Waals surface area contributed by atoms with Gasteiger partial charge in [0.25, 0.3) is 5.91 Å². The highest BCUT2D eigenvalue weighted by atomic mass is 35.5. The largest absolute Gasteiger partial charge is 0.284 e. The van der Waals surface area contributed by atoms with Crippen molar-refractivity contribution in [2.24, 2.45) is 0 Å². The Labute approximate surface area is 204 Å². The molecule has 1 heterocycles. The second-order valence-corrected chi connectivity index (χ2v) is 10.3. The third-order valence-electron chi connectivity index (χ3n) is 5.57. The number of carbonyl (C=O) groups excluding carboxylic acids is 1. The van der Waals surface area contributed by atoms with Crippen molar-refractivity contribution < 1.29 is 4.79 Å². The quantitative estimate of drug-likeness (QED) is 0.287. The van der Waals surface area contributed by atoms with Gasteiger partial charge in [-0.15, -0.1) is 11.3 Å². The van der Waals surface area contributed by atoms with Crippen molar-refractivity contribution in [2.45, 2.75) is 32.6 Å². The topological polar surface area (TPSA) is 33.2 Å². The Morgan fingerprint density at radius 1 is 0.939 bits per heavy atom. The van der Waals surface area contributed by atoms with Gasteiger partial charge in [-0.05, 0) is 47.2 Å². The van der Waals surface area contributed by atoms with Crippen LogP contribution in [-0.4, -0.2) is 17.4 Å². The molecular formula is C28H27ClN2OS. The molecule has 0 aliphatic rings. The van der Waals surface area contributed by atoms with Gasteiger partial charge in [0.2, 0.25) is 0 Å². The number of anilines is 1. The average Bonchev–Trinajstić information content (AvgIpc) is 3.30. The molecule has 168 valence electrons. The lowest BCUT2D eigenvalue weighted by Crippen LogP contribution is -2.33. The first-order valence-corrected chi connectivity index (χ1v) is 12.2. The molecule has 0 saturated heterocycles. The Balaban J connectivity index is 1.63. The number of hydrogen-bond acceptors (Lipinski definition) is 3. The number of amides is 1. The van der Waals surface area contributed by atoms with Gasteiger partial charge in [0.05, 0.1) is 5.69 Å². The van der Waals surface area contributed by atoms with Crippen molar-refractivity contribution in [3.63, 3.8) is 0 Å². The summed E-state index contributed by atoms with van der Waals surface area (Å²) in [6.45, 7) is 7.06. The number of carbonyl (C=O) groups is 1. The predicted octanol–water partition coefficient (Wildman–Crippen LogP) is 7.65. The molecule has 0 radical (unpaired) electrons. The van der Waals surface area contributed by atoms with Crippen LogP contribution in [0.2, 0.25) is 5.02 Å². The molecule has 0 bridgehead atoms. The number of nitrogens with zero attached hydrogens (tertiary/aromatic N) is 2. The van der Waals surface area contributed by atoms with Crippen molar-refractivity contribution in [1.82, 2.24) is 4.98 Å². The maximum Gasteiger partial charge on any atom is 0.260 e. The van der Waals surface area contributed by atoms with Crippen molar-refractivity contribution in [1.29, 1.82) is 0 Å². The summed E-state index contributed by atoms with van der Waals surface area (Å²) in [6.07, 6.45) is 0.752. The van der Waals surface area contributed by atoms with Crippen molar-refractivity contribution in [3.05, 3.63) is 106 Å². The van der Waals surface area contributed by atoms with Gasteiger partial charge < -0.3 is 0 Å². The van der Waals surface area contributed by atoms with Crippen LogP contribution < -0.4 is 4.90 Å². The number of thiazole rings is 1. The molecule has 0 spiro atoms. The smallest absolute Gasteiger partial charge is 0.260 e. The Bertz CT molecular complexity index is 1210. The van der Waals surface area contributed by atoms with E-state index in [-0.39, 0.29) is 11.3 Å². The molecule has 3 aromatic carbocycles. The van der Waals surface area contributed by atoms with Crippen LogP contribution in [0, 0.1) is 0 Å². The zero-order valence-corrected chi connectivity index (χ0v) is 20.7. The van der Waals surface area contributed by atoms with Gasteiger partial charge in [-0.3, -0.25) is 9.69 Å². The van der Waals surface area contributed by atoms with E-state index in [1.54, 1.807) is 4.90 Å². The molecule has 0 aliphatic heterocycles. The van der Waals surface area contributed by atoms with Gasteiger partial charge in [-0.25, -0.2) is 4.98 Å². The van der Waals surface area contributed by atoms with E-state index < -0.39 is 0 Å². The first-order valence-electron chi connectivity index (χ1n) is 11.0. The lowest BCUT2D eigenvalue weighted by molar-refractivity contribution is 0.0987. The Kier molecular flexibility index (Phi) is 6.96. The van der Waals surface area contributed by atoms with Crippen LogP contribution in [0.5, 0.6) is 0 Å². The molecule has 0 fully saturated rings. The van der Waals surface area contributed by atoms with Crippen molar-refractivity contribution in [3.8, 4) is 11.3 Å². The molecule has 0 unspecified atom stereocenters. The third-order valence-corrected chi connectivity index (χ3v) is 6.69. The minimum atomic E-state index is -0.0385. The Morgan fingerprint density at radius 3 is 2.24 bits per heavy atom. The van der Waals surface area contributed by atoms with E-state index in [0.29, 0.717) is 22.3 Å². The van der Waals surface area contributed by atoms with Gasteiger partial charge in [-0.2, -0.15) is 0 Å². The summed E-state index contributed by atoms with van der Waals surface area (Å²) >= 11 is 7.52. The van der Waals surface area contributed by atoms with Crippen LogP contribution in [0.1, 0.15) is 42.3 Å². The lowest BCUT2D eigenvalue weighted by Gasteiger charge is -2.22. The molecule has 4 rings (SSSR count). The van der Waals surface area contributed by atoms with Gasteiger partial charge in [0.15, 0.2) is 5.13 Å². The second kappa shape index (κ2) is 9.90. The van der Waals surface area contributed by atoms with E-state index in [2.05, 4.69) is 32.9 Å². The first kappa shape index (κ1) is 23.2. The van der Waals surface area contributed by atoms with Crippen molar-refractivity contribution in [2.75, 3.05) is 11.4 Å². The fourth-order valence-electron chi connectivity index (χ4n) is 3.58. The second-order valence-electron chi connectivity index (χ2n) is 9.04. The normalized spacial score (nSPS) is 11.4. The minimum absolute atomic E-state index is 0.0385. The lowest BCUT2D eigenvalue weighted by atomic mass is 9.86. The highest BCUT2D eigenvalue weighted by Crippen LogP contribution is 2.30. The van der Waals surface area contributed by atoms with Crippen LogP contribution >= 0.6 is 22.9 Å². The van der Waals surface area contributed by atoms with Gasteiger partial charge in [-0.1, -0.05) is 87.0 Å². The zero-order valence-electron chi connectivity index (χ0n) is 19.1. The van der Waals surface area contributed by atoms with E-state index in [1.165, 1.54) is 22.5 Å². The summed E-state index contributed by atoms with van der Waals surface area (Å²) in [5.74, 6) is -0.0385. The van der Waals surface area contributed by atoms with E-state index in [4.69, 9.17) is 16.6 Å². The van der Waals surface area contributed by atoms with Crippen molar-refractivity contribution >= 4 is 34.0 Å². The Hall–Kier alpha value is -2.95. The fraction of sp³-hybridized carbons (Fsp3) is 0.214. The molecule has 0 N–H and O–H groups in total. The van der Waals surface area contributed by atoms with E-state index in [1.807, 2.05) is 72.1 Å². The minimum Gasteiger partial charge on any atom is -0.284 e. The van der Waals surface area contributed by atoms with E-state index in [0.717, 1.165) is 17.7 Å². The molecule has 5 heteroatoms.